The second-order valence-electron chi connectivity index (χ2n) is 19.5. The number of epoxide rings is 1. The number of imidazole rings is 2. The van der Waals surface area contributed by atoms with E-state index < -0.39 is 63.5 Å². The summed E-state index contributed by atoms with van der Waals surface area (Å²) < 4.78 is 84.9. The van der Waals surface area contributed by atoms with Crippen molar-refractivity contribution in [1.82, 2.24) is 19.5 Å². The van der Waals surface area contributed by atoms with Gasteiger partial charge in [0, 0.05) is 65.9 Å². The topological polar surface area (TPSA) is 212 Å². The fourth-order valence-electron chi connectivity index (χ4n) is 7.96. The van der Waals surface area contributed by atoms with E-state index in [1.807, 2.05) is 6.92 Å². The summed E-state index contributed by atoms with van der Waals surface area (Å²) in [4.78, 5) is 61.3. The second kappa shape index (κ2) is 24.1. The van der Waals surface area contributed by atoms with Crippen molar-refractivity contribution in [3.05, 3.63) is 195 Å². The van der Waals surface area contributed by atoms with Crippen molar-refractivity contribution in [2.75, 3.05) is 22.6 Å². The summed E-state index contributed by atoms with van der Waals surface area (Å²) in [5, 5.41) is 29.2. The van der Waals surface area contributed by atoms with Crippen LogP contribution in [0.1, 0.15) is 49.4 Å². The van der Waals surface area contributed by atoms with E-state index in [-0.39, 0.29) is 36.3 Å². The second-order valence-corrected chi connectivity index (χ2v) is 19.5. The number of anilines is 3. The van der Waals surface area contributed by atoms with Crippen LogP contribution in [0.25, 0.3) is 36.6 Å². The Morgan fingerprint density at radius 1 is 0.667 bits per heavy atom. The molecule has 0 aliphatic carbocycles. The predicted molar refractivity (Wildman–Crippen MR) is 291 cm³/mol. The van der Waals surface area contributed by atoms with Crippen LogP contribution in [0.15, 0.2) is 109 Å². The average molecular weight is 1110 g/mol. The molecule has 10 rings (SSSR count). The highest BCUT2D eigenvalue weighted by molar-refractivity contribution is 6.03. The summed E-state index contributed by atoms with van der Waals surface area (Å²) in [5.41, 5.74) is 3.88. The monoisotopic (exact) mass is 1110 g/mol. The Kier molecular flexibility index (Phi) is 17.5. The Labute approximate surface area is 459 Å². The fourth-order valence-corrected chi connectivity index (χ4v) is 7.96. The smallest absolute Gasteiger partial charge is 0.258 e. The number of aromatic nitrogens is 4. The van der Waals surface area contributed by atoms with Gasteiger partial charge in [0.1, 0.15) is 5.60 Å². The molecule has 0 saturated carbocycles. The van der Waals surface area contributed by atoms with Gasteiger partial charge in [-0.05, 0) is 106 Å². The molecule has 0 spiro atoms. The molecule has 81 heavy (non-hydrogen) atoms. The number of benzene rings is 6. The van der Waals surface area contributed by atoms with Gasteiger partial charge >= 0.3 is 0 Å². The van der Waals surface area contributed by atoms with E-state index in [2.05, 4.69) is 50.4 Å². The minimum Gasteiger partial charge on any atom is -0.380 e. The first-order valence-corrected chi connectivity index (χ1v) is 24.3. The molecule has 1 fully saturated rings. The van der Waals surface area contributed by atoms with Crippen LogP contribution >= 0.6 is 0 Å². The summed E-state index contributed by atoms with van der Waals surface area (Å²) in [6.45, 7) is 31.0. The highest BCUT2D eigenvalue weighted by atomic mass is 19.2. The maximum absolute atomic E-state index is 13.5. The molecule has 414 valence electrons. The zero-order valence-corrected chi connectivity index (χ0v) is 44.1. The van der Waals surface area contributed by atoms with Crippen LogP contribution in [0.3, 0.4) is 0 Å². The standard InChI is InChI=1S/C20H17F2N3O2.C19H16F2N4O2.C12H12N2O2.C7H4F2N2/c1-11-6-13(4-5-17(11)23-3)25-19(26)20(2,27)10-14-7-12-8-15(21)16(22)9-18(12)24-14;1-11-6-12(4-5-15(11)22-3)24-18(26)19(2,27)9-25-10-23-16-7-13(20)14(21)8-17(16)25;1-8-6-9(4-5-10(8)13-3)14-11(15)12(2)7-16-12;8-4-1-6-7(2-5(4)9)11-3-10-6/h4-6,8-9,27H,7,10H2,1-2H3,(H,25,26);4-8,10,27H,9H2,1-2H3,(H,24,26);4-6H,7H2,1-2H3,(H,14,15);1-3H,(H,10,11)/t20-;19-;12-;/m000./s1. The highest BCUT2D eigenvalue weighted by Crippen LogP contribution is 2.33. The molecular weight excluding hydrogens is 1060 g/mol. The number of nitrogens with one attached hydrogen (secondary N) is 4. The number of hydrogen-bond acceptors (Lipinski definition) is 9. The van der Waals surface area contributed by atoms with Crippen LogP contribution in [-0.4, -0.2) is 76.6 Å². The zero-order chi connectivity index (χ0) is 59.1. The molecule has 1 saturated heterocycles. The highest BCUT2D eigenvalue weighted by Gasteiger charge is 2.47. The lowest BCUT2D eigenvalue weighted by atomic mass is 9.95. The number of carbonyl (C=O) groups excluding carboxylic acids is 3. The lowest BCUT2D eigenvalue weighted by molar-refractivity contribution is -0.133. The van der Waals surface area contributed by atoms with E-state index in [1.165, 1.54) is 31.1 Å². The molecule has 0 unspecified atom stereocenters. The van der Waals surface area contributed by atoms with Gasteiger partial charge in [-0.2, -0.15) is 0 Å². The van der Waals surface area contributed by atoms with Gasteiger partial charge < -0.3 is 40.5 Å². The Morgan fingerprint density at radius 3 is 1.65 bits per heavy atom. The van der Waals surface area contributed by atoms with Crippen molar-refractivity contribution in [2.24, 2.45) is 4.99 Å². The summed E-state index contributed by atoms with van der Waals surface area (Å²) in [6, 6.07) is 21.0. The summed E-state index contributed by atoms with van der Waals surface area (Å²) in [6.07, 6.45) is 2.87. The molecule has 4 heterocycles. The van der Waals surface area contributed by atoms with Crippen molar-refractivity contribution in [3.63, 3.8) is 0 Å². The van der Waals surface area contributed by atoms with Crippen molar-refractivity contribution in [2.45, 2.75) is 77.7 Å². The summed E-state index contributed by atoms with van der Waals surface area (Å²) in [7, 11) is 0. The van der Waals surface area contributed by atoms with Gasteiger partial charge in [0.2, 0.25) is 0 Å². The Balaban J connectivity index is 0.000000164. The van der Waals surface area contributed by atoms with Crippen LogP contribution in [0.4, 0.5) is 66.2 Å². The summed E-state index contributed by atoms with van der Waals surface area (Å²) >= 11 is 0. The predicted octanol–water partition coefficient (Wildman–Crippen LogP) is 11.9. The first-order chi connectivity index (χ1) is 38.2. The third kappa shape index (κ3) is 14.3. The molecule has 3 atom stereocenters. The number of fused-ring (bicyclic) bond motifs is 3. The van der Waals surface area contributed by atoms with Crippen molar-refractivity contribution in [3.8, 4) is 0 Å². The molecule has 0 radical (unpaired) electrons. The number of aromatic amines is 1. The maximum atomic E-state index is 13.5. The number of aliphatic imine (C=N–C) groups is 1. The number of ether oxygens (including phenoxy) is 1. The van der Waals surface area contributed by atoms with Gasteiger partial charge in [-0.25, -0.2) is 50.8 Å². The van der Waals surface area contributed by atoms with Crippen molar-refractivity contribution in [1.29, 1.82) is 0 Å². The minimum atomic E-state index is -1.84. The third-order valence-electron chi connectivity index (χ3n) is 12.7. The van der Waals surface area contributed by atoms with Gasteiger partial charge in [-0.1, -0.05) is 18.2 Å². The number of aryl methyl sites for hydroxylation is 3. The quantitative estimate of drug-likeness (QED) is 0.0439. The van der Waals surface area contributed by atoms with Crippen molar-refractivity contribution >= 4 is 85.3 Å². The van der Waals surface area contributed by atoms with Gasteiger partial charge in [0.05, 0.1) is 73.3 Å². The van der Waals surface area contributed by atoms with E-state index in [0.717, 1.165) is 42.0 Å². The Morgan fingerprint density at radius 2 is 1.14 bits per heavy atom. The number of aliphatic hydroxyl groups is 2. The van der Waals surface area contributed by atoms with Gasteiger partial charge in [0.15, 0.2) is 63.2 Å². The van der Waals surface area contributed by atoms with E-state index in [9.17, 15) is 50.9 Å². The molecule has 8 aromatic rings. The molecule has 2 aliphatic rings. The van der Waals surface area contributed by atoms with Crippen LogP contribution in [-0.2, 0) is 32.1 Å². The molecule has 0 bridgehead atoms. The number of rotatable bonds is 10. The van der Waals surface area contributed by atoms with Crippen LogP contribution in [0, 0.1) is 75.4 Å². The van der Waals surface area contributed by atoms with E-state index in [0.29, 0.717) is 79.9 Å². The van der Waals surface area contributed by atoms with E-state index >= 15 is 0 Å². The number of carbonyl (C=O) groups is 3. The number of nitrogens with zero attached hydrogens (tertiary/aromatic N) is 7. The molecule has 3 amide bonds. The first kappa shape index (κ1) is 58.9. The SMILES string of the molecule is Fc1cc2nc[nH]c2cc1F.[C-]#[N+]c1ccc(NC(=O)[C@@](C)(O)CC2=Nc3cc(F)c(F)cc3C2)cc1C.[C-]#[N+]c1ccc(NC(=O)[C@@](C)(O)Cn2cnc3cc(F)c(F)cc32)cc1C.[C-]#[N+]c1ccc(NC(=O)[C@]2(C)CO2)cc1C. The molecular formula is C58H49F6N11O6. The minimum absolute atomic E-state index is 0.0735. The maximum Gasteiger partial charge on any atom is 0.258 e. The number of hydrogen-bond donors (Lipinski definition) is 6. The first-order valence-electron chi connectivity index (χ1n) is 24.3. The number of H-pyrrole nitrogens is 1. The number of halogens is 6. The lowest BCUT2D eigenvalue weighted by Gasteiger charge is -2.23. The summed E-state index contributed by atoms with van der Waals surface area (Å²) in [5.74, 6) is -7.17. The normalized spacial score (nSPS) is 15.2. The van der Waals surface area contributed by atoms with Crippen molar-refractivity contribution < 1.29 is 55.7 Å². The van der Waals surface area contributed by atoms with E-state index in [1.54, 1.807) is 75.4 Å². The average Bonchev–Trinajstić information content (AvgIpc) is 3.76. The zero-order valence-electron chi connectivity index (χ0n) is 44.1. The van der Waals surface area contributed by atoms with Crippen LogP contribution in [0.5, 0.6) is 0 Å². The molecule has 6 N–H and O–H groups in total. The van der Waals surface area contributed by atoms with Crippen LogP contribution in [0.2, 0.25) is 0 Å². The Hall–Kier alpha value is -9.73. The van der Waals surface area contributed by atoms with Gasteiger partial charge in [0.25, 0.3) is 17.7 Å². The molecule has 23 heteroatoms. The molecule has 17 nitrogen and oxygen atoms in total. The Bertz CT molecular complexity index is 3910. The molecule has 6 aromatic carbocycles. The van der Waals surface area contributed by atoms with Gasteiger partial charge in [-0.3, -0.25) is 19.4 Å². The molecule has 2 aliphatic heterocycles. The largest absolute Gasteiger partial charge is 0.380 e. The molecule has 2 aromatic heterocycles. The lowest BCUT2D eigenvalue weighted by Crippen LogP contribution is -2.43. The van der Waals surface area contributed by atoms with Crippen LogP contribution < -0.4 is 16.0 Å². The number of amides is 3. The van der Waals surface area contributed by atoms with E-state index in [4.69, 9.17) is 24.5 Å². The third-order valence-corrected chi connectivity index (χ3v) is 12.7. The van der Waals surface area contributed by atoms with Gasteiger partial charge in [-0.15, -0.1) is 0 Å². The fraction of sp³-hybridized carbons (Fsp3) is 0.224.